The highest BCUT2D eigenvalue weighted by Crippen LogP contribution is 2.04. The van der Waals surface area contributed by atoms with Crippen LogP contribution in [0.5, 0.6) is 0 Å². The Morgan fingerprint density at radius 2 is 1.56 bits per heavy atom. The fourth-order valence-corrected chi connectivity index (χ4v) is 1.91. The number of hydrogen-bond acceptors (Lipinski definition) is 3. The van der Waals surface area contributed by atoms with Crippen molar-refractivity contribution in [3.8, 4) is 0 Å². The number of unbranched alkanes of at least 4 members (excludes halogenated alkanes) is 2. The van der Waals surface area contributed by atoms with Crippen LogP contribution in [0.2, 0.25) is 0 Å². The third-order valence-electron chi connectivity index (χ3n) is 2.81. The Morgan fingerprint density at radius 3 is 2.06 bits per heavy atom. The zero-order chi connectivity index (χ0) is 12.4. The van der Waals surface area contributed by atoms with Gasteiger partial charge >= 0.3 is 0 Å². The molecule has 0 aliphatic carbocycles. The van der Waals surface area contributed by atoms with Crippen LogP contribution in [0.4, 0.5) is 0 Å². The summed E-state index contributed by atoms with van der Waals surface area (Å²) < 4.78 is 5.63. The van der Waals surface area contributed by atoms with Gasteiger partial charge in [-0.15, -0.1) is 0 Å². The van der Waals surface area contributed by atoms with Crippen molar-refractivity contribution in [1.82, 2.24) is 4.90 Å². The minimum absolute atomic E-state index is 0.598. The third-order valence-corrected chi connectivity index (χ3v) is 2.81. The maximum Gasteiger partial charge on any atom is 0.0593 e. The number of hydrogen-bond donors (Lipinski definition) is 1. The van der Waals surface area contributed by atoms with Crippen LogP contribution >= 0.6 is 0 Å². The lowest BCUT2D eigenvalue weighted by Gasteiger charge is -2.30. The van der Waals surface area contributed by atoms with Crippen molar-refractivity contribution < 1.29 is 4.74 Å². The third kappa shape index (κ3) is 8.08. The smallest absolute Gasteiger partial charge is 0.0593 e. The first-order valence-corrected chi connectivity index (χ1v) is 6.63. The van der Waals surface area contributed by atoms with Gasteiger partial charge in [-0.05, 0) is 53.5 Å². The van der Waals surface area contributed by atoms with Gasteiger partial charge in [-0.1, -0.05) is 0 Å². The Morgan fingerprint density at radius 1 is 0.938 bits per heavy atom. The van der Waals surface area contributed by atoms with E-state index in [4.69, 9.17) is 10.5 Å². The molecule has 16 heavy (non-hydrogen) atoms. The SMILES string of the molecule is CC(C)N(CCOCCCCCN)C(C)C. The van der Waals surface area contributed by atoms with Crippen LogP contribution in [0, 0.1) is 0 Å². The summed E-state index contributed by atoms with van der Waals surface area (Å²) >= 11 is 0. The van der Waals surface area contributed by atoms with Crippen molar-refractivity contribution in [3.05, 3.63) is 0 Å². The van der Waals surface area contributed by atoms with Gasteiger partial charge in [0.25, 0.3) is 0 Å². The van der Waals surface area contributed by atoms with Gasteiger partial charge in [0.05, 0.1) is 6.61 Å². The van der Waals surface area contributed by atoms with E-state index in [1.165, 1.54) is 6.42 Å². The fraction of sp³-hybridized carbons (Fsp3) is 1.00. The summed E-state index contributed by atoms with van der Waals surface area (Å²) in [5.74, 6) is 0. The van der Waals surface area contributed by atoms with Gasteiger partial charge in [-0.25, -0.2) is 0 Å². The first-order valence-electron chi connectivity index (χ1n) is 6.63. The van der Waals surface area contributed by atoms with Crippen molar-refractivity contribution >= 4 is 0 Å². The molecule has 0 aliphatic rings. The van der Waals surface area contributed by atoms with E-state index < -0.39 is 0 Å². The van der Waals surface area contributed by atoms with Gasteiger partial charge in [0, 0.05) is 25.2 Å². The largest absolute Gasteiger partial charge is 0.380 e. The molecule has 0 amide bonds. The van der Waals surface area contributed by atoms with Crippen LogP contribution in [0.15, 0.2) is 0 Å². The number of nitrogens with zero attached hydrogens (tertiary/aromatic N) is 1. The molecule has 0 aromatic rings. The lowest BCUT2D eigenvalue weighted by molar-refractivity contribution is 0.0765. The van der Waals surface area contributed by atoms with E-state index >= 15 is 0 Å². The van der Waals surface area contributed by atoms with Crippen LogP contribution in [0.3, 0.4) is 0 Å². The average molecular weight is 230 g/mol. The van der Waals surface area contributed by atoms with E-state index in [2.05, 4.69) is 32.6 Å². The standard InChI is InChI=1S/C13H30N2O/c1-12(2)15(13(3)4)9-11-16-10-7-5-6-8-14/h12-13H,5-11,14H2,1-4H3. The van der Waals surface area contributed by atoms with Crippen molar-refractivity contribution in [1.29, 1.82) is 0 Å². The van der Waals surface area contributed by atoms with E-state index in [9.17, 15) is 0 Å². The zero-order valence-corrected chi connectivity index (χ0v) is 11.5. The fourth-order valence-electron chi connectivity index (χ4n) is 1.91. The molecular formula is C13H30N2O. The number of ether oxygens (including phenoxy) is 1. The molecule has 0 saturated carbocycles. The summed E-state index contributed by atoms with van der Waals surface area (Å²) in [4.78, 5) is 2.46. The summed E-state index contributed by atoms with van der Waals surface area (Å²) in [6, 6.07) is 1.20. The summed E-state index contributed by atoms with van der Waals surface area (Å²) in [5.41, 5.74) is 5.43. The molecule has 3 nitrogen and oxygen atoms in total. The molecule has 0 aromatic heterocycles. The first kappa shape index (κ1) is 15.9. The molecule has 0 fully saturated rings. The highest BCUT2D eigenvalue weighted by Gasteiger charge is 2.12. The Kier molecular flexibility index (Phi) is 9.99. The maximum absolute atomic E-state index is 5.63. The molecular weight excluding hydrogens is 200 g/mol. The van der Waals surface area contributed by atoms with E-state index in [0.717, 1.165) is 39.1 Å². The van der Waals surface area contributed by atoms with Crippen LogP contribution in [-0.4, -0.2) is 43.3 Å². The first-order chi connectivity index (χ1) is 7.59. The Labute approximate surface area is 101 Å². The lowest BCUT2D eigenvalue weighted by Crippen LogP contribution is -2.39. The number of rotatable bonds is 10. The lowest BCUT2D eigenvalue weighted by atomic mass is 10.2. The second kappa shape index (κ2) is 10.1. The molecule has 0 aliphatic heterocycles. The van der Waals surface area contributed by atoms with Gasteiger partial charge in [0.2, 0.25) is 0 Å². The highest BCUT2D eigenvalue weighted by molar-refractivity contribution is 4.66. The summed E-state index contributed by atoms with van der Waals surface area (Å²) in [5, 5.41) is 0. The maximum atomic E-state index is 5.63. The van der Waals surface area contributed by atoms with E-state index in [-0.39, 0.29) is 0 Å². The van der Waals surface area contributed by atoms with E-state index in [1.54, 1.807) is 0 Å². The normalized spacial score (nSPS) is 12.0. The van der Waals surface area contributed by atoms with Crippen molar-refractivity contribution in [2.75, 3.05) is 26.3 Å². The minimum atomic E-state index is 0.598. The van der Waals surface area contributed by atoms with Crippen LogP contribution in [0.1, 0.15) is 47.0 Å². The van der Waals surface area contributed by atoms with Gasteiger partial charge < -0.3 is 10.5 Å². The second-order valence-electron chi connectivity index (χ2n) is 4.89. The quantitative estimate of drug-likeness (QED) is 0.585. The molecule has 0 radical (unpaired) electrons. The molecule has 0 spiro atoms. The Hall–Kier alpha value is -0.120. The minimum Gasteiger partial charge on any atom is -0.380 e. The molecule has 3 heteroatoms. The molecule has 0 atom stereocenters. The van der Waals surface area contributed by atoms with Crippen molar-refractivity contribution in [2.24, 2.45) is 5.73 Å². The van der Waals surface area contributed by atoms with Crippen LogP contribution in [-0.2, 0) is 4.74 Å². The summed E-state index contributed by atoms with van der Waals surface area (Å²) in [7, 11) is 0. The predicted octanol–water partition coefficient (Wildman–Crippen LogP) is 2.25. The topological polar surface area (TPSA) is 38.5 Å². The highest BCUT2D eigenvalue weighted by atomic mass is 16.5. The number of nitrogens with two attached hydrogens (primary N) is 1. The molecule has 0 unspecified atom stereocenters. The van der Waals surface area contributed by atoms with Gasteiger partial charge in [0.1, 0.15) is 0 Å². The van der Waals surface area contributed by atoms with E-state index in [0.29, 0.717) is 12.1 Å². The molecule has 0 rings (SSSR count). The Bertz CT molecular complexity index is 141. The van der Waals surface area contributed by atoms with Gasteiger partial charge in [-0.3, -0.25) is 4.90 Å². The van der Waals surface area contributed by atoms with Crippen molar-refractivity contribution in [3.63, 3.8) is 0 Å². The Balaban J connectivity index is 3.41. The molecule has 0 saturated heterocycles. The monoisotopic (exact) mass is 230 g/mol. The molecule has 2 N–H and O–H groups in total. The average Bonchev–Trinajstić information content (AvgIpc) is 2.21. The zero-order valence-electron chi connectivity index (χ0n) is 11.5. The van der Waals surface area contributed by atoms with E-state index in [1.807, 2.05) is 0 Å². The molecule has 0 heterocycles. The molecule has 98 valence electrons. The van der Waals surface area contributed by atoms with Crippen molar-refractivity contribution in [2.45, 2.75) is 59.0 Å². The molecule has 0 aromatic carbocycles. The summed E-state index contributed by atoms with van der Waals surface area (Å²) in [6.45, 7) is 12.5. The van der Waals surface area contributed by atoms with Crippen LogP contribution in [0.25, 0.3) is 0 Å². The predicted molar refractivity (Wildman–Crippen MR) is 70.7 cm³/mol. The van der Waals surface area contributed by atoms with Crippen LogP contribution < -0.4 is 5.73 Å². The molecule has 0 bridgehead atoms. The van der Waals surface area contributed by atoms with Gasteiger partial charge in [0.15, 0.2) is 0 Å². The second-order valence-corrected chi connectivity index (χ2v) is 4.89. The summed E-state index contributed by atoms with van der Waals surface area (Å²) in [6.07, 6.45) is 3.45. The van der Waals surface area contributed by atoms with Gasteiger partial charge in [-0.2, -0.15) is 0 Å².